The van der Waals surface area contributed by atoms with Crippen LogP contribution in [0.4, 0.5) is 23.0 Å². The summed E-state index contributed by atoms with van der Waals surface area (Å²) in [6, 6.07) is 11.8. The number of carbonyl (C=O) groups excluding carboxylic acids is 2. The number of hydrogen-bond donors (Lipinski definition) is 3. The molecule has 0 aliphatic carbocycles. The number of carbonyl (C=O) groups is 2. The summed E-state index contributed by atoms with van der Waals surface area (Å²) >= 11 is 6.06. The molecule has 0 bridgehead atoms. The minimum atomic E-state index is -0.385. The highest BCUT2D eigenvalue weighted by atomic mass is 35.5. The Labute approximate surface area is 259 Å². The number of pyridine rings is 1. The van der Waals surface area contributed by atoms with Gasteiger partial charge in [0.1, 0.15) is 23.1 Å². The Morgan fingerprint density at radius 2 is 1.91 bits per heavy atom. The number of halogens is 1. The topological polar surface area (TPSA) is 152 Å². The second-order valence-corrected chi connectivity index (χ2v) is 10.1. The first-order valence-electron chi connectivity index (χ1n) is 13.9. The van der Waals surface area contributed by atoms with E-state index in [1.807, 2.05) is 24.9 Å². The first-order valence-corrected chi connectivity index (χ1v) is 14.3. The molecule has 4 heterocycles. The third-order valence-corrected chi connectivity index (χ3v) is 7.11. The van der Waals surface area contributed by atoms with Crippen molar-refractivity contribution in [1.82, 2.24) is 34.8 Å². The van der Waals surface area contributed by atoms with E-state index in [9.17, 15) is 9.59 Å². The molecule has 230 valence electrons. The molecule has 15 heteroatoms. The van der Waals surface area contributed by atoms with Crippen LogP contribution in [0.15, 0.2) is 48.8 Å². The fourth-order valence-corrected chi connectivity index (χ4v) is 4.83. The number of benzene rings is 1. The van der Waals surface area contributed by atoms with Crippen LogP contribution in [0.5, 0.6) is 5.88 Å². The zero-order valence-electron chi connectivity index (χ0n) is 24.8. The summed E-state index contributed by atoms with van der Waals surface area (Å²) < 4.78 is 12.2. The number of amides is 2. The fourth-order valence-electron chi connectivity index (χ4n) is 4.63. The van der Waals surface area contributed by atoms with Gasteiger partial charge in [-0.2, -0.15) is 9.78 Å². The Morgan fingerprint density at radius 1 is 1.11 bits per heavy atom. The molecule has 1 saturated heterocycles. The molecule has 3 N–H and O–H groups in total. The highest BCUT2D eigenvalue weighted by molar-refractivity contribution is 6.30. The minimum Gasteiger partial charge on any atom is -0.481 e. The van der Waals surface area contributed by atoms with Crippen molar-refractivity contribution in [2.24, 2.45) is 0 Å². The van der Waals surface area contributed by atoms with E-state index in [0.717, 1.165) is 5.56 Å². The minimum absolute atomic E-state index is 0.140. The van der Waals surface area contributed by atoms with Crippen LogP contribution >= 0.6 is 11.6 Å². The number of nitrogens with zero attached hydrogens (tertiary/aromatic N) is 7. The predicted molar refractivity (Wildman–Crippen MR) is 166 cm³/mol. The molecule has 44 heavy (non-hydrogen) atoms. The summed E-state index contributed by atoms with van der Waals surface area (Å²) in [7, 11) is 3.20. The van der Waals surface area contributed by atoms with Gasteiger partial charge in [-0.05, 0) is 37.6 Å². The van der Waals surface area contributed by atoms with Gasteiger partial charge in [0.25, 0.3) is 11.8 Å². The number of hydrazine groups is 1. The molecular weight excluding hydrogens is 588 g/mol. The summed E-state index contributed by atoms with van der Waals surface area (Å²) in [5, 5.41) is 17.7. The predicted octanol–water partition coefficient (Wildman–Crippen LogP) is 3.77. The SMILES string of the molecule is CCN(C(=O)c1cc(Nc2cc(NC(=O)c3cc(Cl)nc(OC)c3)ccc2C)n(-c2cc(NC)ncn2)n1)N1CCOCC1. The Kier molecular flexibility index (Phi) is 9.53. The Hall–Kier alpha value is -4.79. The number of rotatable bonds is 10. The van der Waals surface area contributed by atoms with Gasteiger partial charge in [0, 0.05) is 61.8 Å². The van der Waals surface area contributed by atoms with Crippen LogP contribution in [0, 0.1) is 6.92 Å². The molecule has 0 radical (unpaired) electrons. The van der Waals surface area contributed by atoms with Gasteiger partial charge in [0.2, 0.25) is 5.88 Å². The molecule has 0 spiro atoms. The van der Waals surface area contributed by atoms with Crippen LogP contribution in [-0.4, -0.2) is 93.6 Å². The van der Waals surface area contributed by atoms with E-state index in [1.165, 1.54) is 25.6 Å². The third kappa shape index (κ3) is 6.88. The number of aromatic nitrogens is 5. The average Bonchev–Trinajstić information content (AvgIpc) is 3.47. The molecule has 1 aromatic carbocycles. The number of anilines is 4. The van der Waals surface area contributed by atoms with Crippen molar-refractivity contribution in [2.75, 3.05) is 63.0 Å². The van der Waals surface area contributed by atoms with Crippen molar-refractivity contribution < 1.29 is 19.1 Å². The summed E-state index contributed by atoms with van der Waals surface area (Å²) in [5.41, 5.74) is 2.62. The van der Waals surface area contributed by atoms with Crippen LogP contribution < -0.4 is 20.7 Å². The van der Waals surface area contributed by atoms with Gasteiger partial charge in [-0.25, -0.2) is 20.0 Å². The van der Waals surface area contributed by atoms with Gasteiger partial charge >= 0.3 is 0 Å². The molecule has 0 saturated carbocycles. The van der Waals surface area contributed by atoms with E-state index in [-0.39, 0.29) is 28.5 Å². The zero-order chi connectivity index (χ0) is 31.2. The lowest BCUT2D eigenvalue weighted by molar-refractivity contribution is -0.0678. The summed E-state index contributed by atoms with van der Waals surface area (Å²) in [5.74, 6) is 1.12. The van der Waals surface area contributed by atoms with E-state index in [2.05, 4.69) is 36.0 Å². The number of aryl methyl sites for hydroxylation is 1. The molecular formula is C29H33ClN10O4. The molecule has 1 fully saturated rings. The van der Waals surface area contributed by atoms with E-state index in [4.69, 9.17) is 21.1 Å². The number of hydrogen-bond acceptors (Lipinski definition) is 11. The second kappa shape index (κ2) is 13.7. The van der Waals surface area contributed by atoms with Gasteiger partial charge in [0.05, 0.1) is 20.3 Å². The lowest BCUT2D eigenvalue weighted by Gasteiger charge is -2.36. The molecule has 2 amide bonds. The van der Waals surface area contributed by atoms with E-state index in [0.29, 0.717) is 67.2 Å². The molecule has 5 rings (SSSR count). The van der Waals surface area contributed by atoms with Gasteiger partial charge in [-0.1, -0.05) is 17.7 Å². The van der Waals surface area contributed by atoms with Crippen LogP contribution in [0.25, 0.3) is 5.82 Å². The zero-order valence-corrected chi connectivity index (χ0v) is 25.6. The van der Waals surface area contributed by atoms with Crippen molar-refractivity contribution in [2.45, 2.75) is 13.8 Å². The maximum Gasteiger partial charge on any atom is 0.288 e. The lowest BCUT2D eigenvalue weighted by Crippen LogP contribution is -2.51. The van der Waals surface area contributed by atoms with E-state index >= 15 is 0 Å². The van der Waals surface area contributed by atoms with Crippen molar-refractivity contribution >= 4 is 46.4 Å². The van der Waals surface area contributed by atoms with Gasteiger partial charge in [-0.15, -0.1) is 0 Å². The third-order valence-electron chi connectivity index (χ3n) is 6.92. The maximum absolute atomic E-state index is 13.7. The van der Waals surface area contributed by atoms with Crippen LogP contribution in [-0.2, 0) is 4.74 Å². The summed E-state index contributed by atoms with van der Waals surface area (Å²) in [6.45, 7) is 6.64. The largest absolute Gasteiger partial charge is 0.481 e. The maximum atomic E-state index is 13.7. The fraction of sp³-hybridized carbons (Fsp3) is 0.310. The highest BCUT2D eigenvalue weighted by Crippen LogP contribution is 2.28. The Morgan fingerprint density at radius 3 is 2.64 bits per heavy atom. The molecule has 1 aliphatic rings. The van der Waals surface area contributed by atoms with Crippen LogP contribution in [0.1, 0.15) is 33.3 Å². The molecule has 4 aromatic rings. The number of nitrogens with one attached hydrogen (secondary N) is 3. The van der Waals surface area contributed by atoms with E-state index in [1.54, 1.807) is 41.0 Å². The number of methoxy groups -OCH3 is 1. The molecule has 0 unspecified atom stereocenters. The Bertz CT molecular complexity index is 1660. The normalized spacial score (nSPS) is 13.3. The molecule has 0 atom stereocenters. The first-order chi connectivity index (χ1) is 21.3. The highest BCUT2D eigenvalue weighted by Gasteiger charge is 2.27. The molecule has 14 nitrogen and oxygen atoms in total. The molecule has 3 aromatic heterocycles. The quantitative estimate of drug-likeness (QED) is 0.222. The summed E-state index contributed by atoms with van der Waals surface area (Å²) in [6.07, 6.45) is 1.42. The van der Waals surface area contributed by atoms with Gasteiger partial charge in [0.15, 0.2) is 11.5 Å². The smallest absolute Gasteiger partial charge is 0.288 e. The van der Waals surface area contributed by atoms with Crippen LogP contribution in [0.2, 0.25) is 5.15 Å². The average molecular weight is 621 g/mol. The van der Waals surface area contributed by atoms with Crippen molar-refractivity contribution in [3.63, 3.8) is 0 Å². The number of morpholine rings is 1. The standard InChI is InChI=1S/C29H33ClN10O4/c1-5-39(38-8-10-44-11-9-38)29(42)22-15-26(40(37-22)25-16-24(31-3)32-17-33-25)35-21-14-20(7-6-18(21)2)34-28(41)19-12-23(30)36-27(13-19)43-4/h6-7,12-17,35H,5,8-11H2,1-4H3,(H,34,41)(H,31,32,33). The van der Waals surface area contributed by atoms with Crippen molar-refractivity contribution in [1.29, 1.82) is 0 Å². The van der Waals surface area contributed by atoms with Gasteiger partial charge < -0.3 is 25.4 Å². The Balaban J connectivity index is 1.47. The monoisotopic (exact) mass is 620 g/mol. The van der Waals surface area contributed by atoms with Crippen molar-refractivity contribution in [3.8, 4) is 11.7 Å². The molecule has 1 aliphatic heterocycles. The summed E-state index contributed by atoms with van der Waals surface area (Å²) in [4.78, 5) is 39.4. The number of ether oxygens (including phenoxy) is 2. The lowest BCUT2D eigenvalue weighted by atomic mass is 10.1. The van der Waals surface area contributed by atoms with Gasteiger partial charge in [-0.3, -0.25) is 14.6 Å². The van der Waals surface area contributed by atoms with E-state index < -0.39 is 0 Å². The van der Waals surface area contributed by atoms with Crippen molar-refractivity contribution in [3.05, 3.63) is 70.8 Å². The van der Waals surface area contributed by atoms with Crippen LogP contribution in [0.3, 0.4) is 0 Å². The first kappa shape index (κ1) is 30.7. The second-order valence-electron chi connectivity index (χ2n) is 9.75.